The Kier molecular flexibility index (Phi) is 6.00. The Morgan fingerprint density at radius 1 is 1.00 bits per heavy atom. The van der Waals surface area contributed by atoms with Crippen LogP contribution >= 0.6 is 11.6 Å². The Morgan fingerprint density at radius 3 is 2.07 bits per heavy atom. The lowest BCUT2D eigenvalue weighted by atomic mass is 10.1. The lowest BCUT2D eigenvalue weighted by molar-refractivity contribution is -0.154. The minimum Gasteiger partial charge on any atom is -0.460 e. The monoisotopic (exact) mass is 392 g/mol. The molecule has 0 aliphatic rings. The lowest BCUT2D eigenvalue weighted by Gasteiger charge is -2.21. The molecule has 7 heteroatoms. The van der Waals surface area contributed by atoms with Crippen molar-refractivity contribution in [1.29, 1.82) is 0 Å². The van der Waals surface area contributed by atoms with E-state index in [-0.39, 0.29) is 12.0 Å². The van der Waals surface area contributed by atoms with Crippen molar-refractivity contribution in [3.8, 4) is 5.69 Å². The van der Waals surface area contributed by atoms with Crippen LogP contribution in [0.15, 0.2) is 30.5 Å². The summed E-state index contributed by atoms with van der Waals surface area (Å²) in [5.41, 5.74) is 0.0102. The second-order valence-electron chi connectivity index (χ2n) is 8.16. The highest BCUT2D eigenvalue weighted by molar-refractivity contribution is 6.30. The molecule has 6 nitrogen and oxygen atoms in total. The van der Waals surface area contributed by atoms with E-state index in [2.05, 4.69) is 5.10 Å². The molecule has 0 saturated heterocycles. The summed E-state index contributed by atoms with van der Waals surface area (Å²) in [5, 5.41) is 4.86. The van der Waals surface area contributed by atoms with Gasteiger partial charge < -0.3 is 9.47 Å². The van der Waals surface area contributed by atoms with Crippen molar-refractivity contribution >= 4 is 23.5 Å². The molecule has 1 heterocycles. The molecule has 0 bridgehead atoms. The van der Waals surface area contributed by atoms with E-state index < -0.39 is 23.1 Å². The van der Waals surface area contributed by atoms with Crippen molar-refractivity contribution in [2.24, 2.45) is 0 Å². The SMILES string of the molecule is CC(C)(C)OC(=O)Cc1c(C(=O)OC(C)(C)C)cnn1-c1ccc(Cl)cc1. The highest BCUT2D eigenvalue weighted by Gasteiger charge is 2.27. The number of esters is 2. The molecule has 27 heavy (non-hydrogen) atoms. The van der Waals surface area contributed by atoms with E-state index in [9.17, 15) is 9.59 Å². The minimum atomic E-state index is -0.664. The number of hydrogen-bond acceptors (Lipinski definition) is 5. The summed E-state index contributed by atoms with van der Waals surface area (Å²) in [6.07, 6.45) is 1.29. The van der Waals surface area contributed by atoms with Crippen LogP contribution < -0.4 is 0 Å². The average molecular weight is 393 g/mol. The highest BCUT2D eigenvalue weighted by Crippen LogP contribution is 2.22. The molecule has 0 N–H and O–H groups in total. The fraction of sp³-hybridized carbons (Fsp3) is 0.450. The molecule has 0 aliphatic heterocycles. The standard InChI is InChI=1S/C20H25ClN2O4/c1-19(2,3)26-17(24)11-16-15(18(25)27-20(4,5)6)12-22-23(16)14-9-7-13(21)8-10-14/h7-10,12H,11H2,1-6H3. The van der Waals surface area contributed by atoms with Crippen LogP contribution in [0.1, 0.15) is 57.6 Å². The molecule has 0 aliphatic carbocycles. The second-order valence-corrected chi connectivity index (χ2v) is 8.59. The summed E-state index contributed by atoms with van der Waals surface area (Å²) >= 11 is 5.95. The van der Waals surface area contributed by atoms with Gasteiger partial charge in [-0.1, -0.05) is 11.6 Å². The van der Waals surface area contributed by atoms with E-state index in [4.69, 9.17) is 21.1 Å². The van der Waals surface area contributed by atoms with Crippen molar-refractivity contribution < 1.29 is 19.1 Å². The zero-order valence-electron chi connectivity index (χ0n) is 16.5. The third-order valence-electron chi connectivity index (χ3n) is 3.29. The van der Waals surface area contributed by atoms with Gasteiger partial charge in [0.2, 0.25) is 0 Å². The first kappa shape index (κ1) is 21.0. The minimum absolute atomic E-state index is 0.117. The Morgan fingerprint density at radius 2 is 1.56 bits per heavy atom. The summed E-state index contributed by atoms with van der Waals surface area (Å²) < 4.78 is 12.4. The normalized spacial score (nSPS) is 12.0. The Balaban J connectivity index is 2.44. The largest absolute Gasteiger partial charge is 0.460 e. The smallest absolute Gasteiger partial charge is 0.342 e. The second kappa shape index (κ2) is 7.72. The number of carbonyl (C=O) groups excluding carboxylic acids is 2. The predicted molar refractivity (Wildman–Crippen MR) is 103 cm³/mol. The van der Waals surface area contributed by atoms with E-state index in [1.165, 1.54) is 10.9 Å². The van der Waals surface area contributed by atoms with Crippen LogP contribution in [-0.4, -0.2) is 32.9 Å². The van der Waals surface area contributed by atoms with Gasteiger partial charge in [0.15, 0.2) is 0 Å². The fourth-order valence-electron chi connectivity index (χ4n) is 2.37. The highest BCUT2D eigenvalue weighted by atomic mass is 35.5. The van der Waals surface area contributed by atoms with Crippen LogP contribution in [0.5, 0.6) is 0 Å². The van der Waals surface area contributed by atoms with Crippen molar-refractivity contribution in [3.63, 3.8) is 0 Å². The molecule has 1 aromatic heterocycles. The van der Waals surface area contributed by atoms with Gasteiger partial charge in [0, 0.05) is 5.02 Å². The van der Waals surface area contributed by atoms with Gasteiger partial charge in [-0.15, -0.1) is 0 Å². The Hall–Kier alpha value is -2.34. The van der Waals surface area contributed by atoms with Gasteiger partial charge >= 0.3 is 11.9 Å². The molecule has 0 fully saturated rings. The van der Waals surface area contributed by atoms with Crippen LogP contribution in [0.2, 0.25) is 5.02 Å². The van der Waals surface area contributed by atoms with E-state index in [0.29, 0.717) is 16.4 Å². The van der Waals surface area contributed by atoms with Crippen molar-refractivity contribution in [2.45, 2.75) is 59.2 Å². The third kappa shape index (κ3) is 6.10. The maximum absolute atomic E-state index is 12.6. The number of rotatable bonds is 4. The molecule has 0 amide bonds. The molecule has 0 atom stereocenters. The Bertz CT molecular complexity index is 827. The van der Waals surface area contributed by atoms with Crippen LogP contribution in [-0.2, 0) is 20.7 Å². The first-order valence-corrected chi connectivity index (χ1v) is 9.01. The Labute approximate surface area is 164 Å². The molecule has 1 aromatic carbocycles. The van der Waals surface area contributed by atoms with Gasteiger partial charge in [-0.3, -0.25) is 4.79 Å². The number of benzene rings is 1. The molecule has 2 rings (SSSR count). The average Bonchev–Trinajstić information content (AvgIpc) is 2.88. The summed E-state index contributed by atoms with van der Waals surface area (Å²) in [6, 6.07) is 6.94. The van der Waals surface area contributed by atoms with Gasteiger partial charge in [0.05, 0.1) is 24.0 Å². The van der Waals surface area contributed by atoms with Gasteiger partial charge in [-0.25, -0.2) is 9.48 Å². The maximum atomic E-state index is 12.6. The van der Waals surface area contributed by atoms with E-state index in [1.807, 2.05) is 0 Å². The number of aromatic nitrogens is 2. The zero-order chi connectivity index (χ0) is 20.4. The van der Waals surface area contributed by atoms with Crippen LogP contribution in [0.3, 0.4) is 0 Å². The van der Waals surface area contributed by atoms with Crippen molar-refractivity contribution in [2.75, 3.05) is 0 Å². The van der Waals surface area contributed by atoms with Crippen LogP contribution in [0.25, 0.3) is 5.69 Å². The molecule has 0 unspecified atom stereocenters. The van der Waals surface area contributed by atoms with Gasteiger partial charge in [-0.05, 0) is 65.8 Å². The lowest BCUT2D eigenvalue weighted by Crippen LogP contribution is -2.27. The molecule has 2 aromatic rings. The number of carbonyl (C=O) groups is 2. The number of ether oxygens (including phenoxy) is 2. The first-order chi connectivity index (χ1) is 12.4. The summed E-state index contributed by atoms with van der Waals surface area (Å²) in [4.78, 5) is 25.0. The van der Waals surface area contributed by atoms with E-state index >= 15 is 0 Å². The third-order valence-corrected chi connectivity index (χ3v) is 3.54. The zero-order valence-corrected chi connectivity index (χ0v) is 17.3. The molecule has 0 spiro atoms. The number of nitrogens with zero attached hydrogens (tertiary/aromatic N) is 2. The van der Waals surface area contributed by atoms with Gasteiger partial charge in [0.25, 0.3) is 0 Å². The number of hydrogen-bond donors (Lipinski definition) is 0. The van der Waals surface area contributed by atoms with Gasteiger partial charge in [0.1, 0.15) is 16.8 Å². The summed E-state index contributed by atoms with van der Waals surface area (Å²) in [5.74, 6) is -0.996. The van der Waals surface area contributed by atoms with Crippen LogP contribution in [0, 0.1) is 0 Å². The van der Waals surface area contributed by atoms with Gasteiger partial charge in [-0.2, -0.15) is 5.10 Å². The maximum Gasteiger partial charge on any atom is 0.342 e. The van der Waals surface area contributed by atoms with E-state index in [1.54, 1.807) is 65.8 Å². The molecule has 146 valence electrons. The first-order valence-electron chi connectivity index (χ1n) is 8.64. The van der Waals surface area contributed by atoms with Crippen molar-refractivity contribution in [3.05, 3.63) is 46.7 Å². The quantitative estimate of drug-likeness (QED) is 0.723. The predicted octanol–water partition coefficient (Wildman–Crippen LogP) is 4.37. The van der Waals surface area contributed by atoms with Crippen LogP contribution in [0.4, 0.5) is 0 Å². The molecular formula is C20H25ClN2O4. The number of halogens is 1. The molecular weight excluding hydrogens is 368 g/mol. The molecule has 0 saturated carbocycles. The summed E-state index contributed by atoms with van der Waals surface area (Å²) in [6.45, 7) is 10.7. The molecule has 0 radical (unpaired) electrons. The van der Waals surface area contributed by atoms with E-state index in [0.717, 1.165) is 0 Å². The summed E-state index contributed by atoms with van der Waals surface area (Å²) in [7, 11) is 0. The van der Waals surface area contributed by atoms with Crippen molar-refractivity contribution in [1.82, 2.24) is 9.78 Å². The fourth-order valence-corrected chi connectivity index (χ4v) is 2.49. The topological polar surface area (TPSA) is 70.4 Å².